The number of imidazole rings is 1. The number of hydrogen-bond donors (Lipinski definition) is 4. The number of carboxylic acids is 1. The Morgan fingerprint density at radius 3 is 2.36 bits per heavy atom. The van der Waals surface area contributed by atoms with Crippen LogP contribution in [0.2, 0.25) is 0 Å². The Balaban J connectivity index is 1.36. The zero-order valence-electron chi connectivity index (χ0n) is 23.0. The molecule has 1 aliphatic carbocycles. The van der Waals surface area contributed by atoms with Crippen LogP contribution >= 0.6 is 0 Å². The number of carbonyl (C=O) groups excluding carboxylic acids is 1. The Bertz CT molecular complexity index is 1520. The van der Waals surface area contributed by atoms with Crippen molar-refractivity contribution in [2.45, 2.75) is 63.3 Å². The van der Waals surface area contributed by atoms with Crippen molar-refractivity contribution in [1.29, 1.82) is 0 Å². The highest BCUT2D eigenvalue weighted by Gasteiger charge is 2.35. The summed E-state index contributed by atoms with van der Waals surface area (Å²) in [4.78, 5) is 33.6. The van der Waals surface area contributed by atoms with Crippen molar-refractivity contribution >= 4 is 11.9 Å². The van der Waals surface area contributed by atoms with Crippen LogP contribution in [0.25, 0.3) is 22.6 Å². The van der Waals surface area contributed by atoms with E-state index in [4.69, 9.17) is 10.1 Å². The van der Waals surface area contributed by atoms with Crippen LogP contribution in [0.5, 0.6) is 0 Å². The summed E-state index contributed by atoms with van der Waals surface area (Å²) in [5, 5.41) is 32.3. The summed E-state index contributed by atoms with van der Waals surface area (Å²) < 4.78 is 15.6. The van der Waals surface area contributed by atoms with Gasteiger partial charge in [-0.2, -0.15) is 0 Å². The first kappa shape index (κ1) is 29.1. The third kappa shape index (κ3) is 7.26. The topological polar surface area (TPSA) is 138 Å². The molecule has 2 aromatic carbocycles. The molecule has 0 radical (unpaired) electrons. The number of aliphatic hydroxyl groups excluding tert-OH is 2. The maximum absolute atomic E-state index is 13.7. The number of benzene rings is 2. The summed E-state index contributed by atoms with van der Waals surface area (Å²) in [5.74, 6) is -1.28. The average molecular weight is 573 g/mol. The maximum Gasteiger partial charge on any atom is 0.305 e. The molecular formula is C32H33FN4O5. The predicted octanol–water partition coefficient (Wildman–Crippen LogP) is 4.54. The first-order valence-corrected chi connectivity index (χ1v) is 14.0. The predicted molar refractivity (Wildman–Crippen MR) is 154 cm³/mol. The van der Waals surface area contributed by atoms with E-state index in [1.807, 2.05) is 47.0 Å². The summed E-state index contributed by atoms with van der Waals surface area (Å²) in [6.45, 7) is 0.536. The molecule has 1 saturated carbocycles. The number of nitrogens with zero attached hydrogens (tertiary/aromatic N) is 3. The quantitative estimate of drug-likeness (QED) is 0.185. The lowest BCUT2D eigenvalue weighted by Crippen LogP contribution is -2.25. The Kier molecular flexibility index (Phi) is 9.04. The Morgan fingerprint density at radius 2 is 1.71 bits per heavy atom. The second-order valence-electron chi connectivity index (χ2n) is 10.6. The van der Waals surface area contributed by atoms with Crippen molar-refractivity contribution in [3.63, 3.8) is 0 Å². The van der Waals surface area contributed by atoms with Crippen LogP contribution in [0.3, 0.4) is 0 Å². The van der Waals surface area contributed by atoms with Crippen LogP contribution in [-0.4, -0.2) is 53.9 Å². The van der Waals surface area contributed by atoms with E-state index < -0.39 is 30.4 Å². The SMILES string of the molecule is O=C(O)C[C@H](O)C[C@H](O)CCn1c(-c2ccc(F)cc2)nc(C(=O)NCc2ccc(-c3ccccc3)nc2)c1C1CC1. The third-order valence-corrected chi connectivity index (χ3v) is 7.28. The highest BCUT2D eigenvalue weighted by atomic mass is 19.1. The summed E-state index contributed by atoms with van der Waals surface area (Å²) in [5.41, 5.74) is 4.33. The van der Waals surface area contributed by atoms with Crippen molar-refractivity contribution in [2.24, 2.45) is 0 Å². The highest BCUT2D eigenvalue weighted by molar-refractivity contribution is 5.94. The number of rotatable bonds is 13. The van der Waals surface area contributed by atoms with Gasteiger partial charge in [0, 0.05) is 36.3 Å². The Morgan fingerprint density at radius 1 is 0.976 bits per heavy atom. The summed E-state index contributed by atoms with van der Waals surface area (Å²) in [7, 11) is 0. The lowest BCUT2D eigenvalue weighted by atomic mass is 10.1. The summed E-state index contributed by atoms with van der Waals surface area (Å²) in [6.07, 6.45) is 1.05. The molecule has 2 atom stereocenters. The number of pyridine rings is 1. The second kappa shape index (κ2) is 13.1. The number of hydrogen-bond acceptors (Lipinski definition) is 6. The van der Waals surface area contributed by atoms with Crippen LogP contribution in [0.4, 0.5) is 4.39 Å². The Labute approximate surface area is 242 Å². The standard InChI is InChI=1S/C32H33FN4O5/c33-24-11-9-23(10-12-24)31-36-29(30(22-7-8-22)37(31)15-14-25(38)16-26(39)17-28(40)41)32(42)35-19-20-6-13-27(34-18-20)21-4-2-1-3-5-21/h1-6,9-13,18,22,25-26,38-39H,7-8,14-17,19H2,(H,35,42)(H,40,41)/t25-,26-/m1/s1. The van der Waals surface area contributed by atoms with E-state index in [9.17, 15) is 24.2 Å². The molecular weight excluding hydrogens is 539 g/mol. The molecule has 5 rings (SSSR count). The lowest BCUT2D eigenvalue weighted by molar-refractivity contribution is -0.139. The van der Waals surface area contributed by atoms with E-state index in [2.05, 4.69) is 10.3 Å². The van der Waals surface area contributed by atoms with Crippen molar-refractivity contribution in [3.05, 3.63) is 95.7 Å². The number of amides is 1. The number of carboxylic acid groups (broad SMARTS) is 1. The van der Waals surface area contributed by atoms with Gasteiger partial charge >= 0.3 is 5.97 Å². The Hall–Kier alpha value is -4.41. The second-order valence-corrected chi connectivity index (χ2v) is 10.6. The van der Waals surface area contributed by atoms with Gasteiger partial charge < -0.3 is 25.2 Å². The number of halogens is 1. The molecule has 4 N–H and O–H groups in total. The normalized spacial score (nSPS) is 14.4. The molecule has 0 saturated heterocycles. The molecule has 2 aromatic heterocycles. The van der Waals surface area contributed by atoms with Gasteiger partial charge in [0.05, 0.1) is 30.0 Å². The summed E-state index contributed by atoms with van der Waals surface area (Å²) >= 11 is 0. The minimum absolute atomic E-state index is 0.0872. The fraction of sp³-hybridized carbons (Fsp3) is 0.312. The molecule has 1 fully saturated rings. The number of aromatic nitrogens is 3. The number of aliphatic hydroxyl groups is 2. The van der Waals surface area contributed by atoms with E-state index in [-0.39, 0.29) is 43.5 Å². The zero-order valence-corrected chi connectivity index (χ0v) is 23.0. The minimum Gasteiger partial charge on any atom is -0.481 e. The summed E-state index contributed by atoms with van der Waals surface area (Å²) in [6, 6.07) is 19.5. The van der Waals surface area contributed by atoms with Gasteiger partial charge in [0.2, 0.25) is 0 Å². The van der Waals surface area contributed by atoms with Crippen LogP contribution < -0.4 is 5.32 Å². The van der Waals surface area contributed by atoms with Gasteiger partial charge in [0.15, 0.2) is 0 Å². The van der Waals surface area contributed by atoms with Gasteiger partial charge in [0.1, 0.15) is 17.3 Å². The molecule has 0 bridgehead atoms. The van der Waals surface area contributed by atoms with Crippen molar-refractivity contribution in [3.8, 4) is 22.6 Å². The highest BCUT2D eigenvalue weighted by Crippen LogP contribution is 2.43. The third-order valence-electron chi connectivity index (χ3n) is 7.28. The van der Waals surface area contributed by atoms with Crippen LogP contribution in [0, 0.1) is 5.82 Å². The first-order chi connectivity index (χ1) is 20.3. The molecule has 0 aliphatic heterocycles. The molecule has 4 aromatic rings. The maximum atomic E-state index is 13.7. The van der Waals surface area contributed by atoms with Crippen molar-refractivity contribution in [1.82, 2.24) is 19.9 Å². The zero-order chi connectivity index (χ0) is 29.6. The van der Waals surface area contributed by atoms with Gasteiger partial charge in [-0.1, -0.05) is 36.4 Å². The molecule has 1 amide bonds. The lowest BCUT2D eigenvalue weighted by Gasteiger charge is -2.17. The molecule has 9 nitrogen and oxygen atoms in total. The largest absolute Gasteiger partial charge is 0.481 e. The molecule has 42 heavy (non-hydrogen) atoms. The smallest absolute Gasteiger partial charge is 0.305 e. The van der Waals surface area contributed by atoms with Gasteiger partial charge in [-0.25, -0.2) is 9.37 Å². The number of carbonyl (C=O) groups is 2. The average Bonchev–Trinajstić information content (AvgIpc) is 3.75. The van der Waals surface area contributed by atoms with Crippen LogP contribution in [0.1, 0.15) is 59.8 Å². The molecule has 218 valence electrons. The van der Waals surface area contributed by atoms with E-state index >= 15 is 0 Å². The van der Waals surface area contributed by atoms with Gasteiger partial charge in [0.25, 0.3) is 5.91 Å². The molecule has 0 spiro atoms. The molecule has 1 aliphatic rings. The van der Waals surface area contributed by atoms with E-state index in [0.29, 0.717) is 11.4 Å². The molecule has 0 unspecified atom stereocenters. The molecule has 10 heteroatoms. The number of aliphatic carboxylic acids is 1. The minimum atomic E-state index is -1.17. The fourth-order valence-corrected chi connectivity index (χ4v) is 5.02. The van der Waals surface area contributed by atoms with Crippen molar-refractivity contribution < 1.29 is 29.3 Å². The first-order valence-electron chi connectivity index (χ1n) is 14.0. The van der Waals surface area contributed by atoms with Gasteiger partial charge in [-0.3, -0.25) is 14.6 Å². The van der Waals surface area contributed by atoms with Crippen LogP contribution in [-0.2, 0) is 17.9 Å². The van der Waals surface area contributed by atoms with Gasteiger partial charge in [-0.05, 0) is 61.6 Å². The van der Waals surface area contributed by atoms with E-state index in [0.717, 1.165) is 35.4 Å². The molecule has 2 heterocycles. The fourth-order valence-electron chi connectivity index (χ4n) is 5.02. The van der Waals surface area contributed by atoms with E-state index in [1.54, 1.807) is 18.3 Å². The van der Waals surface area contributed by atoms with Crippen molar-refractivity contribution in [2.75, 3.05) is 0 Å². The number of nitrogens with one attached hydrogen (secondary N) is 1. The van der Waals surface area contributed by atoms with E-state index in [1.165, 1.54) is 12.1 Å². The van der Waals surface area contributed by atoms with Gasteiger partial charge in [-0.15, -0.1) is 0 Å². The van der Waals surface area contributed by atoms with Crippen LogP contribution in [0.15, 0.2) is 72.9 Å². The monoisotopic (exact) mass is 572 g/mol.